The molecule has 1 heterocycles. The molecule has 21 heavy (non-hydrogen) atoms. The lowest BCUT2D eigenvalue weighted by atomic mass is 10.0. The van der Waals surface area contributed by atoms with Crippen LogP contribution in [-0.4, -0.2) is 48.7 Å². The van der Waals surface area contributed by atoms with E-state index >= 15 is 0 Å². The van der Waals surface area contributed by atoms with Crippen molar-refractivity contribution in [3.63, 3.8) is 0 Å². The molecule has 0 radical (unpaired) electrons. The van der Waals surface area contributed by atoms with Gasteiger partial charge in [-0.2, -0.15) is 0 Å². The van der Waals surface area contributed by atoms with Gasteiger partial charge in [-0.15, -0.1) is 0 Å². The van der Waals surface area contributed by atoms with E-state index in [0.717, 1.165) is 31.5 Å². The summed E-state index contributed by atoms with van der Waals surface area (Å²) in [6.07, 6.45) is 1.94. The maximum atomic E-state index is 10.9. The summed E-state index contributed by atoms with van der Waals surface area (Å²) in [7, 11) is 1.54. The molecule has 2 rings (SSSR count). The first-order valence-corrected chi connectivity index (χ1v) is 7.19. The molecule has 0 bridgehead atoms. The number of phenols is 1. The van der Waals surface area contributed by atoms with Gasteiger partial charge in [0.05, 0.1) is 13.7 Å². The number of rotatable bonds is 6. The van der Waals surface area contributed by atoms with Crippen LogP contribution in [-0.2, 0) is 11.3 Å². The molecule has 4 N–H and O–H groups in total. The average molecular weight is 293 g/mol. The van der Waals surface area contributed by atoms with E-state index in [0.29, 0.717) is 24.9 Å². The molecule has 0 aliphatic carbocycles. The second-order valence-corrected chi connectivity index (χ2v) is 5.37. The fourth-order valence-corrected chi connectivity index (χ4v) is 2.65. The van der Waals surface area contributed by atoms with Crippen molar-refractivity contribution >= 4 is 5.91 Å². The van der Waals surface area contributed by atoms with Crippen molar-refractivity contribution in [2.24, 2.45) is 5.73 Å². The Morgan fingerprint density at radius 2 is 2.19 bits per heavy atom. The Hall–Kier alpha value is -1.79. The lowest BCUT2D eigenvalue weighted by Gasteiger charge is -2.31. The second-order valence-electron chi connectivity index (χ2n) is 5.37. The quantitative estimate of drug-likeness (QED) is 0.708. The Morgan fingerprint density at radius 1 is 1.48 bits per heavy atom. The zero-order valence-corrected chi connectivity index (χ0v) is 12.3. The van der Waals surface area contributed by atoms with Gasteiger partial charge in [-0.3, -0.25) is 9.69 Å². The highest BCUT2D eigenvalue weighted by Crippen LogP contribution is 2.29. The molecular formula is C15H23N3O3. The number of ether oxygens (including phenoxy) is 1. The van der Waals surface area contributed by atoms with Gasteiger partial charge in [0.1, 0.15) is 0 Å². The van der Waals surface area contributed by atoms with Gasteiger partial charge in [-0.25, -0.2) is 0 Å². The highest BCUT2D eigenvalue weighted by molar-refractivity contribution is 5.75. The fraction of sp³-hybridized carbons (Fsp3) is 0.533. The standard InChI is InChI=1S/C15H23N3O3/c1-21-13-4-2-3-11(15(13)20)9-17-12-5-7-18(8-6-12)10-14(16)19/h2-4,12,17,20H,5-10H2,1H3,(H2,16,19). The van der Waals surface area contributed by atoms with Gasteiger partial charge in [0, 0.05) is 31.2 Å². The van der Waals surface area contributed by atoms with Crippen molar-refractivity contribution in [1.29, 1.82) is 0 Å². The van der Waals surface area contributed by atoms with Crippen LogP contribution >= 0.6 is 0 Å². The molecule has 1 aliphatic heterocycles. The number of methoxy groups -OCH3 is 1. The molecule has 0 atom stereocenters. The summed E-state index contributed by atoms with van der Waals surface area (Å²) in [5, 5.41) is 13.5. The third-order valence-electron chi connectivity index (χ3n) is 3.85. The molecule has 0 aromatic heterocycles. The Labute approximate surface area is 124 Å². The van der Waals surface area contributed by atoms with E-state index < -0.39 is 0 Å². The van der Waals surface area contributed by atoms with Crippen molar-refractivity contribution in [1.82, 2.24) is 10.2 Å². The number of nitrogens with two attached hydrogens (primary N) is 1. The van der Waals surface area contributed by atoms with Crippen molar-refractivity contribution in [3.8, 4) is 11.5 Å². The number of hydrogen-bond acceptors (Lipinski definition) is 5. The van der Waals surface area contributed by atoms with E-state index in [1.807, 2.05) is 12.1 Å². The van der Waals surface area contributed by atoms with E-state index in [4.69, 9.17) is 10.5 Å². The number of likely N-dealkylation sites (tertiary alicyclic amines) is 1. The Bertz CT molecular complexity index is 485. The number of piperidine rings is 1. The molecule has 0 saturated carbocycles. The second kappa shape index (κ2) is 7.28. The third kappa shape index (κ3) is 4.34. The van der Waals surface area contributed by atoms with E-state index in [1.165, 1.54) is 0 Å². The minimum Gasteiger partial charge on any atom is -0.504 e. The summed E-state index contributed by atoms with van der Waals surface area (Å²) in [5.74, 6) is 0.409. The Morgan fingerprint density at radius 3 is 2.81 bits per heavy atom. The van der Waals surface area contributed by atoms with Gasteiger partial charge >= 0.3 is 0 Å². The number of nitrogens with one attached hydrogen (secondary N) is 1. The minimum atomic E-state index is -0.275. The van der Waals surface area contributed by atoms with Crippen LogP contribution in [0.25, 0.3) is 0 Å². The SMILES string of the molecule is COc1cccc(CNC2CCN(CC(N)=O)CC2)c1O. The number of carbonyl (C=O) groups is 1. The summed E-state index contributed by atoms with van der Waals surface area (Å²) in [5.41, 5.74) is 6.03. The number of aromatic hydroxyl groups is 1. The molecule has 0 spiro atoms. The normalized spacial score (nSPS) is 16.8. The van der Waals surface area contributed by atoms with E-state index in [1.54, 1.807) is 13.2 Å². The van der Waals surface area contributed by atoms with Gasteiger partial charge in [0.2, 0.25) is 5.91 Å². The molecular weight excluding hydrogens is 270 g/mol. The summed E-state index contributed by atoms with van der Waals surface area (Å²) < 4.78 is 5.10. The zero-order chi connectivity index (χ0) is 15.2. The van der Waals surface area contributed by atoms with Crippen molar-refractivity contribution in [3.05, 3.63) is 23.8 Å². The Balaban J connectivity index is 1.81. The summed E-state index contributed by atoms with van der Waals surface area (Å²) in [6.45, 7) is 2.67. The largest absolute Gasteiger partial charge is 0.504 e. The zero-order valence-electron chi connectivity index (χ0n) is 12.3. The van der Waals surface area contributed by atoms with Crippen molar-refractivity contribution in [2.45, 2.75) is 25.4 Å². The van der Waals surface area contributed by atoms with E-state index in [9.17, 15) is 9.90 Å². The summed E-state index contributed by atoms with van der Waals surface area (Å²) in [4.78, 5) is 13.0. The van der Waals surface area contributed by atoms with Crippen molar-refractivity contribution in [2.75, 3.05) is 26.7 Å². The number of nitrogens with zero attached hydrogens (tertiary/aromatic N) is 1. The first-order chi connectivity index (χ1) is 10.1. The summed E-state index contributed by atoms with van der Waals surface area (Å²) >= 11 is 0. The van der Waals surface area contributed by atoms with Crippen LogP contribution in [0.15, 0.2) is 18.2 Å². The van der Waals surface area contributed by atoms with Gasteiger partial charge in [-0.1, -0.05) is 12.1 Å². The molecule has 1 fully saturated rings. The van der Waals surface area contributed by atoms with Gasteiger partial charge in [0.15, 0.2) is 11.5 Å². The number of carbonyl (C=O) groups excluding carboxylic acids is 1. The first-order valence-electron chi connectivity index (χ1n) is 7.19. The number of amides is 1. The number of hydrogen-bond donors (Lipinski definition) is 3. The lowest BCUT2D eigenvalue weighted by molar-refractivity contribution is -0.119. The van der Waals surface area contributed by atoms with Gasteiger partial charge < -0.3 is 20.9 Å². The van der Waals surface area contributed by atoms with E-state index in [-0.39, 0.29) is 11.7 Å². The fourth-order valence-electron chi connectivity index (χ4n) is 2.65. The monoisotopic (exact) mass is 293 g/mol. The number of benzene rings is 1. The number of primary amides is 1. The van der Waals surface area contributed by atoms with Crippen LogP contribution in [0.4, 0.5) is 0 Å². The molecule has 1 aromatic rings. The van der Waals surface area contributed by atoms with Gasteiger partial charge in [0.25, 0.3) is 0 Å². The summed E-state index contributed by atoms with van der Waals surface area (Å²) in [6, 6.07) is 5.87. The predicted octanol–water partition coefficient (Wildman–Crippen LogP) is 0.440. The number of phenolic OH excluding ortho intramolecular Hbond substituents is 1. The predicted molar refractivity (Wildman–Crippen MR) is 80.2 cm³/mol. The Kier molecular flexibility index (Phi) is 5.41. The van der Waals surface area contributed by atoms with Crippen LogP contribution in [0, 0.1) is 0 Å². The highest BCUT2D eigenvalue weighted by atomic mass is 16.5. The molecule has 1 saturated heterocycles. The highest BCUT2D eigenvalue weighted by Gasteiger charge is 2.20. The number of para-hydroxylation sites is 1. The molecule has 6 heteroatoms. The third-order valence-corrected chi connectivity index (χ3v) is 3.85. The lowest BCUT2D eigenvalue weighted by Crippen LogP contribution is -2.45. The smallest absolute Gasteiger partial charge is 0.231 e. The molecule has 116 valence electrons. The molecule has 1 aromatic carbocycles. The van der Waals surface area contributed by atoms with Gasteiger partial charge in [-0.05, 0) is 18.9 Å². The molecule has 1 aliphatic rings. The maximum absolute atomic E-state index is 10.9. The molecule has 6 nitrogen and oxygen atoms in total. The molecule has 1 amide bonds. The van der Waals surface area contributed by atoms with Crippen LogP contribution in [0.1, 0.15) is 18.4 Å². The first kappa shape index (κ1) is 15.6. The topological polar surface area (TPSA) is 87.8 Å². The van der Waals surface area contributed by atoms with Crippen LogP contribution in [0.5, 0.6) is 11.5 Å². The molecule has 0 unspecified atom stereocenters. The van der Waals surface area contributed by atoms with Crippen LogP contribution < -0.4 is 15.8 Å². The maximum Gasteiger partial charge on any atom is 0.231 e. The average Bonchev–Trinajstić information content (AvgIpc) is 2.47. The minimum absolute atomic E-state index is 0.193. The van der Waals surface area contributed by atoms with Crippen molar-refractivity contribution < 1.29 is 14.6 Å². The van der Waals surface area contributed by atoms with E-state index in [2.05, 4.69) is 10.2 Å². The van der Waals surface area contributed by atoms with Crippen LogP contribution in [0.2, 0.25) is 0 Å². The van der Waals surface area contributed by atoms with Crippen LogP contribution in [0.3, 0.4) is 0 Å².